The molecule has 0 bridgehead atoms. The van der Waals surface area contributed by atoms with Gasteiger partial charge in [-0.3, -0.25) is 19.3 Å². The second-order valence-corrected chi connectivity index (χ2v) is 10.9. The lowest BCUT2D eigenvalue weighted by Gasteiger charge is -2.32. The summed E-state index contributed by atoms with van der Waals surface area (Å²) in [5.41, 5.74) is 7.99. The summed E-state index contributed by atoms with van der Waals surface area (Å²) in [5, 5.41) is 0. The highest BCUT2D eigenvalue weighted by atomic mass is 16.2. The number of benzene rings is 2. The molecule has 1 saturated heterocycles. The van der Waals surface area contributed by atoms with E-state index < -0.39 is 11.6 Å². The molecule has 0 aromatic heterocycles. The predicted molar refractivity (Wildman–Crippen MR) is 148 cm³/mol. The Morgan fingerprint density at radius 3 is 2.45 bits per heavy atom. The summed E-state index contributed by atoms with van der Waals surface area (Å²) in [5.74, 6) is 0.308. The Balaban J connectivity index is 1.55. The first-order valence-corrected chi connectivity index (χ1v) is 13.5. The molecule has 0 unspecified atom stereocenters. The standard InChI is InChI=1S/C30H39N5O3/c1-21(2)13-15-30(16-14-23-9-6-5-7-10-23)28(38)35(29(31)32-30)22(3)24-11-8-12-25(19-24)27(37)34-18-17-33(4)26(36)20-34/h5-12,19,21-22H,13-18,20H2,1-4H3,(H2,31,32)/t22-,30-/m1/s1. The molecule has 38 heavy (non-hydrogen) atoms. The zero-order chi connectivity index (χ0) is 27.4. The van der Waals surface area contributed by atoms with E-state index in [2.05, 4.69) is 26.0 Å². The van der Waals surface area contributed by atoms with E-state index in [4.69, 9.17) is 10.7 Å². The number of nitrogens with two attached hydrogens (primary N) is 1. The summed E-state index contributed by atoms with van der Waals surface area (Å²) in [6, 6.07) is 17.0. The topological polar surface area (TPSA) is 99.3 Å². The molecule has 8 nitrogen and oxygen atoms in total. The number of piperazine rings is 1. The molecule has 2 heterocycles. The van der Waals surface area contributed by atoms with Gasteiger partial charge in [-0.05, 0) is 61.8 Å². The zero-order valence-corrected chi connectivity index (χ0v) is 22.9. The van der Waals surface area contributed by atoms with Gasteiger partial charge in [0.2, 0.25) is 5.91 Å². The highest BCUT2D eigenvalue weighted by molar-refractivity contribution is 6.07. The molecule has 2 aliphatic rings. The average molecular weight is 518 g/mol. The number of guanidine groups is 1. The van der Waals surface area contributed by atoms with Crippen molar-refractivity contribution in [3.8, 4) is 0 Å². The summed E-state index contributed by atoms with van der Waals surface area (Å²) < 4.78 is 0. The Hall–Kier alpha value is -3.68. The van der Waals surface area contributed by atoms with Crippen molar-refractivity contribution in [1.29, 1.82) is 0 Å². The van der Waals surface area contributed by atoms with Gasteiger partial charge in [0.05, 0.1) is 6.04 Å². The highest BCUT2D eigenvalue weighted by Crippen LogP contribution is 2.37. The van der Waals surface area contributed by atoms with Gasteiger partial charge in [0.1, 0.15) is 12.1 Å². The molecule has 8 heteroatoms. The van der Waals surface area contributed by atoms with Crippen LogP contribution in [0.2, 0.25) is 0 Å². The van der Waals surface area contributed by atoms with Gasteiger partial charge in [-0.2, -0.15) is 0 Å². The average Bonchev–Trinajstić information content (AvgIpc) is 3.17. The van der Waals surface area contributed by atoms with Gasteiger partial charge in [-0.1, -0.05) is 56.3 Å². The summed E-state index contributed by atoms with van der Waals surface area (Å²) in [4.78, 5) is 48.9. The van der Waals surface area contributed by atoms with Crippen molar-refractivity contribution in [2.75, 3.05) is 26.7 Å². The Morgan fingerprint density at radius 1 is 1.03 bits per heavy atom. The largest absolute Gasteiger partial charge is 0.369 e. The molecule has 202 valence electrons. The van der Waals surface area contributed by atoms with Crippen LogP contribution in [-0.2, 0) is 16.0 Å². The minimum absolute atomic E-state index is 0.0686. The number of hydrogen-bond donors (Lipinski definition) is 1. The SMILES string of the molecule is CC(C)CC[C@]1(CCc2ccccc2)N=C(N)N([C@H](C)c2cccc(C(=O)N3CCN(C)C(=O)C3)c2)C1=O. The van der Waals surface area contributed by atoms with Crippen molar-refractivity contribution < 1.29 is 14.4 Å². The van der Waals surface area contributed by atoms with Crippen LogP contribution in [0.1, 0.15) is 67.6 Å². The van der Waals surface area contributed by atoms with Gasteiger partial charge < -0.3 is 15.5 Å². The molecule has 0 saturated carbocycles. The fourth-order valence-corrected chi connectivity index (χ4v) is 5.19. The molecule has 0 radical (unpaired) electrons. The fraction of sp³-hybridized carbons (Fsp3) is 0.467. The highest BCUT2D eigenvalue weighted by Gasteiger charge is 2.48. The fourth-order valence-electron chi connectivity index (χ4n) is 5.19. The minimum Gasteiger partial charge on any atom is -0.369 e. The van der Waals surface area contributed by atoms with Gasteiger partial charge in [0, 0.05) is 25.7 Å². The zero-order valence-electron chi connectivity index (χ0n) is 22.9. The maximum atomic E-state index is 14.0. The van der Waals surface area contributed by atoms with Crippen molar-refractivity contribution in [2.45, 2.75) is 58.0 Å². The number of hydrogen-bond acceptors (Lipinski definition) is 5. The summed E-state index contributed by atoms with van der Waals surface area (Å²) in [6.45, 7) is 7.28. The van der Waals surface area contributed by atoms with E-state index in [0.29, 0.717) is 37.4 Å². The number of nitrogens with zero attached hydrogens (tertiary/aromatic N) is 4. The number of carbonyl (C=O) groups is 3. The third-order valence-corrected chi connectivity index (χ3v) is 7.75. The summed E-state index contributed by atoms with van der Waals surface area (Å²) >= 11 is 0. The van der Waals surface area contributed by atoms with Crippen LogP contribution in [0.5, 0.6) is 0 Å². The van der Waals surface area contributed by atoms with Crippen LogP contribution in [0.3, 0.4) is 0 Å². The second-order valence-electron chi connectivity index (χ2n) is 10.9. The smallest absolute Gasteiger partial charge is 0.257 e. The van der Waals surface area contributed by atoms with Crippen molar-refractivity contribution >= 4 is 23.7 Å². The molecule has 0 spiro atoms. The summed E-state index contributed by atoms with van der Waals surface area (Å²) in [6.07, 6.45) is 2.82. The van der Waals surface area contributed by atoms with Crippen LogP contribution in [0.25, 0.3) is 0 Å². The Bertz CT molecular complexity index is 1210. The maximum absolute atomic E-state index is 14.0. The van der Waals surface area contributed by atoms with E-state index >= 15 is 0 Å². The monoisotopic (exact) mass is 517 g/mol. The van der Waals surface area contributed by atoms with E-state index in [9.17, 15) is 14.4 Å². The maximum Gasteiger partial charge on any atom is 0.257 e. The lowest BCUT2D eigenvalue weighted by atomic mass is 9.84. The number of amides is 3. The van der Waals surface area contributed by atoms with Crippen LogP contribution in [0.15, 0.2) is 59.6 Å². The molecule has 3 amide bonds. The van der Waals surface area contributed by atoms with Gasteiger partial charge in [0.15, 0.2) is 5.96 Å². The third-order valence-electron chi connectivity index (χ3n) is 7.75. The van der Waals surface area contributed by atoms with E-state index in [-0.39, 0.29) is 30.2 Å². The first-order valence-electron chi connectivity index (χ1n) is 13.5. The molecule has 2 atom stereocenters. The predicted octanol–water partition coefficient (Wildman–Crippen LogP) is 3.63. The van der Waals surface area contributed by atoms with Crippen LogP contribution in [0, 0.1) is 5.92 Å². The van der Waals surface area contributed by atoms with E-state index in [1.807, 2.05) is 37.3 Å². The van der Waals surface area contributed by atoms with Crippen molar-refractivity contribution in [3.05, 3.63) is 71.3 Å². The van der Waals surface area contributed by atoms with Crippen molar-refractivity contribution in [2.24, 2.45) is 16.6 Å². The third kappa shape index (κ3) is 5.74. The van der Waals surface area contributed by atoms with Gasteiger partial charge in [0.25, 0.3) is 11.8 Å². The molecule has 2 aromatic carbocycles. The normalized spacial score (nSPS) is 20.8. The molecule has 1 fully saturated rings. The van der Waals surface area contributed by atoms with Gasteiger partial charge in [-0.15, -0.1) is 0 Å². The number of aryl methyl sites for hydroxylation is 1. The lowest BCUT2D eigenvalue weighted by Crippen LogP contribution is -2.50. The van der Waals surface area contributed by atoms with Crippen LogP contribution < -0.4 is 5.73 Å². The minimum atomic E-state index is -0.897. The Labute approximate surface area is 225 Å². The number of likely N-dealkylation sites (N-methyl/N-ethyl adjacent to an activating group) is 1. The molecule has 0 aliphatic carbocycles. The van der Waals surface area contributed by atoms with E-state index in [1.54, 1.807) is 33.9 Å². The lowest BCUT2D eigenvalue weighted by molar-refractivity contribution is -0.134. The van der Waals surface area contributed by atoms with Crippen LogP contribution in [-0.4, -0.2) is 70.6 Å². The number of aliphatic imine (C=N–C) groups is 1. The number of rotatable bonds is 9. The molecular formula is C30H39N5O3. The Kier molecular flexibility index (Phi) is 8.19. The first-order chi connectivity index (χ1) is 18.1. The van der Waals surface area contributed by atoms with E-state index in [0.717, 1.165) is 24.0 Å². The molecule has 4 rings (SSSR count). The molecule has 2 aromatic rings. The summed E-state index contributed by atoms with van der Waals surface area (Å²) in [7, 11) is 1.74. The molecule has 2 aliphatic heterocycles. The Morgan fingerprint density at radius 2 is 1.76 bits per heavy atom. The first kappa shape index (κ1) is 27.4. The molecule has 2 N–H and O–H groups in total. The van der Waals surface area contributed by atoms with Crippen molar-refractivity contribution in [1.82, 2.24) is 14.7 Å². The molecular weight excluding hydrogens is 478 g/mol. The van der Waals surface area contributed by atoms with Crippen LogP contribution >= 0.6 is 0 Å². The van der Waals surface area contributed by atoms with Crippen LogP contribution in [0.4, 0.5) is 0 Å². The van der Waals surface area contributed by atoms with Gasteiger partial charge in [-0.25, -0.2) is 4.99 Å². The van der Waals surface area contributed by atoms with Crippen molar-refractivity contribution in [3.63, 3.8) is 0 Å². The quantitative estimate of drug-likeness (QED) is 0.549. The second kappa shape index (κ2) is 11.4. The van der Waals surface area contributed by atoms with Gasteiger partial charge >= 0.3 is 0 Å². The number of carbonyl (C=O) groups excluding carboxylic acids is 3. The van der Waals surface area contributed by atoms with E-state index in [1.165, 1.54) is 0 Å².